The lowest BCUT2D eigenvalue weighted by atomic mass is 10.2. The largest absolute Gasteiger partial charge is 0.292 e. The zero-order valence-corrected chi connectivity index (χ0v) is 11.7. The van der Waals surface area contributed by atoms with Crippen molar-refractivity contribution < 1.29 is 0 Å². The van der Waals surface area contributed by atoms with E-state index in [1.54, 1.807) is 12.4 Å². The molecule has 0 spiro atoms. The monoisotopic (exact) mass is 287 g/mol. The van der Waals surface area contributed by atoms with Crippen LogP contribution in [0.4, 0.5) is 0 Å². The summed E-state index contributed by atoms with van der Waals surface area (Å²) in [6, 6.07) is 6.08. The van der Waals surface area contributed by atoms with Crippen molar-refractivity contribution in [2.24, 2.45) is 0 Å². The van der Waals surface area contributed by atoms with Gasteiger partial charge in [-0.3, -0.25) is 14.9 Å². The average molecular weight is 288 g/mol. The number of pyridine rings is 1. The lowest BCUT2D eigenvalue weighted by molar-refractivity contribution is 0.259. The summed E-state index contributed by atoms with van der Waals surface area (Å²) in [5.74, 6) is 0. The van der Waals surface area contributed by atoms with Gasteiger partial charge in [-0.25, -0.2) is 4.98 Å². The molecule has 0 radical (unpaired) electrons. The summed E-state index contributed by atoms with van der Waals surface area (Å²) < 4.78 is 0. The lowest BCUT2D eigenvalue weighted by Crippen LogP contribution is -2.24. The molecule has 0 aliphatic carbocycles. The van der Waals surface area contributed by atoms with Crippen LogP contribution in [0.3, 0.4) is 0 Å². The molecule has 0 N–H and O–H groups in total. The molecular weight excluding hydrogens is 274 g/mol. The summed E-state index contributed by atoms with van der Waals surface area (Å²) in [6.45, 7) is 2.02. The van der Waals surface area contributed by atoms with E-state index in [4.69, 9.17) is 16.9 Å². The number of nitriles is 1. The van der Waals surface area contributed by atoms with Gasteiger partial charge in [-0.05, 0) is 11.6 Å². The molecule has 0 fully saturated rings. The Morgan fingerprint density at radius 2 is 2.10 bits per heavy atom. The number of halogens is 1. The number of aromatic nitrogens is 3. The smallest absolute Gasteiger partial charge is 0.147 e. The summed E-state index contributed by atoms with van der Waals surface area (Å²) in [7, 11) is 0. The van der Waals surface area contributed by atoms with Gasteiger partial charge in [0, 0.05) is 38.4 Å². The van der Waals surface area contributed by atoms with Gasteiger partial charge in [0.05, 0.1) is 24.2 Å². The fourth-order valence-electron chi connectivity index (χ4n) is 1.82. The molecule has 0 aromatic carbocycles. The Kier molecular flexibility index (Phi) is 5.42. The van der Waals surface area contributed by atoms with Crippen molar-refractivity contribution in [3.8, 4) is 6.07 Å². The third-order valence-corrected chi connectivity index (χ3v) is 2.92. The highest BCUT2D eigenvalue weighted by Crippen LogP contribution is 2.09. The van der Waals surface area contributed by atoms with E-state index in [-0.39, 0.29) is 0 Å². The summed E-state index contributed by atoms with van der Waals surface area (Å²) in [6.07, 6.45) is 7.23. The Morgan fingerprint density at radius 1 is 1.20 bits per heavy atom. The first kappa shape index (κ1) is 14.4. The zero-order chi connectivity index (χ0) is 14.2. The molecule has 102 valence electrons. The number of rotatable bonds is 6. The van der Waals surface area contributed by atoms with Crippen LogP contribution in [0.2, 0.25) is 5.15 Å². The molecule has 0 bridgehead atoms. The first-order valence-electron chi connectivity index (χ1n) is 6.22. The maximum atomic E-state index is 8.75. The van der Waals surface area contributed by atoms with Crippen LogP contribution in [0.5, 0.6) is 0 Å². The summed E-state index contributed by atoms with van der Waals surface area (Å²) in [5.41, 5.74) is 1.93. The molecule has 0 aliphatic heterocycles. The van der Waals surface area contributed by atoms with Crippen molar-refractivity contribution in [2.45, 2.75) is 19.5 Å². The molecule has 20 heavy (non-hydrogen) atoms. The van der Waals surface area contributed by atoms with E-state index in [9.17, 15) is 0 Å². The predicted octanol–water partition coefficient (Wildman–Crippen LogP) is 2.44. The molecule has 0 amide bonds. The Labute approximate surface area is 122 Å². The normalized spacial score (nSPS) is 10.4. The van der Waals surface area contributed by atoms with Gasteiger partial charge in [0.1, 0.15) is 5.15 Å². The van der Waals surface area contributed by atoms with E-state index in [1.165, 1.54) is 6.20 Å². The number of hydrogen-bond donors (Lipinski definition) is 0. The van der Waals surface area contributed by atoms with E-state index in [0.29, 0.717) is 24.7 Å². The van der Waals surface area contributed by atoms with Crippen LogP contribution in [0, 0.1) is 11.3 Å². The Morgan fingerprint density at radius 3 is 2.75 bits per heavy atom. The van der Waals surface area contributed by atoms with Crippen LogP contribution in [-0.2, 0) is 13.1 Å². The van der Waals surface area contributed by atoms with Crippen LogP contribution in [0.15, 0.2) is 36.9 Å². The minimum absolute atomic E-state index is 0.379. The van der Waals surface area contributed by atoms with Gasteiger partial charge in [-0.1, -0.05) is 17.7 Å². The SMILES string of the molecule is N#CCCN(Cc1cccnc1)Cc1cnc(Cl)cn1. The standard InChI is InChI=1S/C14H14ClN5/c15-14-9-18-13(8-19-14)11-20(6-2-4-16)10-12-3-1-5-17-7-12/h1,3,5,7-9H,2,6,10-11H2. The molecule has 2 rings (SSSR count). The molecular formula is C14H14ClN5. The summed E-state index contributed by atoms with van der Waals surface area (Å²) in [4.78, 5) is 14.5. The van der Waals surface area contributed by atoms with Crippen LogP contribution < -0.4 is 0 Å². The molecule has 2 aromatic heterocycles. The van der Waals surface area contributed by atoms with Crippen molar-refractivity contribution >= 4 is 11.6 Å². The molecule has 6 heteroatoms. The van der Waals surface area contributed by atoms with E-state index >= 15 is 0 Å². The maximum absolute atomic E-state index is 8.75. The zero-order valence-electron chi connectivity index (χ0n) is 10.9. The van der Waals surface area contributed by atoms with Gasteiger partial charge in [0.15, 0.2) is 0 Å². The van der Waals surface area contributed by atoms with Gasteiger partial charge < -0.3 is 0 Å². The molecule has 2 aromatic rings. The second-order valence-electron chi connectivity index (χ2n) is 4.31. The van der Waals surface area contributed by atoms with Crippen molar-refractivity contribution in [3.63, 3.8) is 0 Å². The lowest BCUT2D eigenvalue weighted by Gasteiger charge is -2.20. The van der Waals surface area contributed by atoms with Crippen molar-refractivity contribution in [3.05, 3.63) is 53.3 Å². The number of nitrogens with zero attached hydrogens (tertiary/aromatic N) is 5. The minimum atomic E-state index is 0.379. The first-order chi connectivity index (χ1) is 9.78. The third-order valence-electron chi connectivity index (χ3n) is 2.73. The van der Waals surface area contributed by atoms with Gasteiger partial charge in [-0.15, -0.1) is 0 Å². The van der Waals surface area contributed by atoms with Crippen molar-refractivity contribution in [2.75, 3.05) is 6.54 Å². The highest BCUT2D eigenvalue weighted by Gasteiger charge is 2.08. The van der Waals surface area contributed by atoms with Crippen LogP contribution in [-0.4, -0.2) is 26.4 Å². The van der Waals surface area contributed by atoms with Gasteiger partial charge >= 0.3 is 0 Å². The molecule has 0 saturated carbocycles. The maximum Gasteiger partial charge on any atom is 0.147 e. The van der Waals surface area contributed by atoms with E-state index in [0.717, 1.165) is 17.8 Å². The van der Waals surface area contributed by atoms with Gasteiger partial charge in [0.2, 0.25) is 0 Å². The highest BCUT2D eigenvalue weighted by molar-refractivity contribution is 6.29. The molecule has 0 saturated heterocycles. The van der Waals surface area contributed by atoms with Crippen LogP contribution in [0.1, 0.15) is 17.7 Å². The fraction of sp³-hybridized carbons (Fsp3) is 0.286. The predicted molar refractivity (Wildman–Crippen MR) is 75.6 cm³/mol. The average Bonchev–Trinajstić information content (AvgIpc) is 2.48. The second kappa shape index (κ2) is 7.53. The Balaban J connectivity index is 2.03. The first-order valence-corrected chi connectivity index (χ1v) is 6.60. The minimum Gasteiger partial charge on any atom is -0.292 e. The van der Waals surface area contributed by atoms with Crippen molar-refractivity contribution in [1.29, 1.82) is 5.26 Å². The number of hydrogen-bond acceptors (Lipinski definition) is 5. The van der Waals surface area contributed by atoms with E-state index in [2.05, 4.69) is 25.9 Å². The summed E-state index contributed by atoms with van der Waals surface area (Å²) >= 11 is 5.72. The van der Waals surface area contributed by atoms with E-state index < -0.39 is 0 Å². The molecule has 0 unspecified atom stereocenters. The molecule has 0 atom stereocenters. The summed E-state index contributed by atoms with van der Waals surface area (Å²) in [5, 5.41) is 9.13. The highest BCUT2D eigenvalue weighted by atomic mass is 35.5. The Bertz CT molecular complexity index is 564. The molecule has 5 nitrogen and oxygen atoms in total. The third kappa shape index (κ3) is 4.57. The molecule has 0 aliphatic rings. The van der Waals surface area contributed by atoms with Crippen molar-refractivity contribution in [1.82, 2.24) is 19.9 Å². The fourth-order valence-corrected chi connectivity index (χ4v) is 1.92. The topological polar surface area (TPSA) is 65.7 Å². The van der Waals surface area contributed by atoms with Crippen LogP contribution >= 0.6 is 11.6 Å². The molecule has 2 heterocycles. The van der Waals surface area contributed by atoms with E-state index in [1.807, 2.05) is 18.3 Å². The Hall–Kier alpha value is -2.03. The second-order valence-corrected chi connectivity index (χ2v) is 4.70. The van der Waals surface area contributed by atoms with Crippen LogP contribution in [0.25, 0.3) is 0 Å². The van der Waals surface area contributed by atoms with Gasteiger partial charge in [-0.2, -0.15) is 5.26 Å². The quantitative estimate of drug-likeness (QED) is 0.816. The van der Waals surface area contributed by atoms with Gasteiger partial charge in [0.25, 0.3) is 0 Å².